The number of hydrogen-bond acceptors (Lipinski definition) is 1. The summed E-state index contributed by atoms with van der Waals surface area (Å²) in [5, 5.41) is 2.70. The Hall–Kier alpha value is -2.09. The number of hydrogen-bond donors (Lipinski definition) is 1. The maximum atomic E-state index is 11.8. The summed E-state index contributed by atoms with van der Waals surface area (Å²) in [5.74, 6) is -0.194. The van der Waals surface area contributed by atoms with E-state index in [9.17, 15) is 4.79 Å². The monoisotopic (exact) mass is 199 g/mol. The second kappa shape index (κ2) is 4.42. The number of nitrogens with one attached hydrogen (secondary N) is 1. The van der Waals surface area contributed by atoms with Crippen molar-refractivity contribution in [3.8, 4) is 0 Å². The fourth-order valence-electron chi connectivity index (χ4n) is 1.26. The third-order valence-electron chi connectivity index (χ3n) is 1.99. The number of rotatable bonds is 2. The summed E-state index contributed by atoms with van der Waals surface area (Å²) in [4.78, 5) is 11.8. The van der Waals surface area contributed by atoms with Crippen molar-refractivity contribution in [2.45, 2.75) is 0 Å². The van der Waals surface area contributed by atoms with E-state index in [4.69, 9.17) is 1.37 Å². The molecule has 0 fully saturated rings. The van der Waals surface area contributed by atoms with E-state index in [1.807, 2.05) is 18.2 Å². The predicted molar refractivity (Wildman–Crippen MR) is 60.8 cm³/mol. The molecule has 0 aliphatic heterocycles. The molecule has 1 N–H and O–H groups in total. The highest BCUT2D eigenvalue weighted by Crippen LogP contribution is 2.07. The van der Waals surface area contributed by atoms with Crippen molar-refractivity contribution >= 4 is 11.6 Å². The summed E-state index contributed by atoms with van der Waals surface area (Å²) in [6.45, 7) is 0. The number of carbonyl (C=O) groups is 1. The van der Waals surface area contributed by atoms with Crippen LogP contribution in [0.2, 0.25) is 0 Å². The van der Waals surface area contributed by atoms with E-state index in [-0.39, 0.29) is 5.91 Å². The van der Waals surface area contributed by atoms with Crippen molar-refractivity contribution in [1.29, 1.82) is 0 Å². The molecule has 0 radical (unpaired) electrons. The van der Waals surface area contributed by atoms with E-state index in [1.165, 1.54) is 0 Å². The fourth-order valence-corrected chi connectivity index (χ4v) is 1.26. The van der Waals surface area contributed by atoms with Gasteiger partial charge in [0.15, 0.2) is 0 Å². The van der Waals surface area contributed by atoms with Gasteiger partial charge in [0.25, 0.3) is 5.91 Å². The highest BCUT2D eigenvalue weighted by molar-refractivity contribution is 6.04. The lowest BCUT2D eigenvalue weighted by Crippen LogP contribution is -2.11. The molecule has 0 aliphatic carbocycles. The second-order valence-corrected chi connectivity index (χ2v) is 3.10. The zero-order chi connectivity index (χ0) is 11.4. The Balaban J connectivity index is 2.18. The largest absolute Gasteiger partial charge is 0.322 e. The van der Waals surface area contributed by atoms with Gasteiger partial charge in [0.2, 0.25) is 0 Å². The van der Waals surface area contributed by atoms with E-state index in [0.29, 0.717) is 17.3 Å². The number of para-hydroxylation sites is 1. The topological polar surface area (TPSA) is 29.1 Å². The SMILES string of the molecule is [3H]c1ccccc1NC(=O)c1ccccc1. The molecule has 15 heavy (non-hydrogen) atoms. The van der Waals surface area contributed by atoms with Gasteiger partial charge in [-0.1, -0.05) is 36.4 Å². The van der Waals surface area contributed by atoms with Gasteiger partial charge >= 0.3 is 0 Å². The zero-order valence-corrected chi connectivity index (χ0v) is 8.10. The molecule has 0 atom stereocenters. The molecule has 0 heterocycles. The van der Waals surface area contributed by atoms with Crippen molar-refractivity contribution in [3.05, 3.63) is 66.2 Å². The molecule has 2 heteroatoms. The minimum atomic E-state index is -0.194. The van der Waals surface area contributed by atoms with Crippen LogP contribution in [-0.4, -0.2) is 5.91 Å². The molecule has 0 bridgehead atoms. The number of benzene rings is 2. The molecule has 74 valence electrons. The van der Waals surface area contributed by atoms with Crippen LogP contribution >= 0.6 is 0 Å². The maximum Gasteiger partial charge on any atom is 0.255 e. The predicted octanol–water partition coefficient (Wildman–Crippen LogP) is 2.94. The van der Waals surface area contributed by atoms with Crippen LogP contribution in [-0.2, 0) is 0 Å². The number of amides is 1. The molecule has 2 rings (SSSR count). The third-order valence-corrected chi connectivity index (χ3v) is 1.99. The normalized spacial score (nSPS) is 10.5. The first-order valence-electron chi connectivity index (χ1n) is 5.19. The van der Waals surface area contributed by atoms with Gasteiger partial charge in [0, 0.05) is 11.3 Å². The van der Waals surface area contributed by atoms with Gasteiger partial charge < -0.3 is 5.32 Å². The average molecular weight is 199 g/mol. The van der Waals surface area contributed by atoms with Crippen molar-refractivity contribution in [1.82, 2.24) is 0 Å². The summed E-state index contributed by atoms with van der Waals surface area (Å²) in [6.07, 6.45) is 0. The molecule has 0 saturated carbocycles. The fraction of sp³-hybridized carbons (Fsp3) is 0. The lowest BCUT2D eigenvalue weighted by Gasteiger charge is -2.03. The molecule has 0 aliphatic rings. The van der Waals surface area contributed by atoms with Crippen LogP contribution in [0.25, 0.3) is 0 Å². The van der Waals surface area contributed by atoms with Gasteiger partial charge in [-0.2, -0.15) is 0 Å². The summed E-state index contributed by atoms with van der Waals surface area (Å²) in [7, 11) is 0. The zero-order valence-electron chi connectivity index (χ0n) is 9.10. The lowest BCUT2D eigenvalue weighted by atomic mass is 10.2. The molecule has 0 spiro atoms. The highest BCUT2D eigenvalue weighted by atomic mass is 16.1. The van der Waals surface area contributed by atoms with Crippen molar-refractivity contribution < 1.29 is 6.17 Å². The molecule has 0 unspecified atom stereocenters. The highest BCUT2D eigenvalue weighted by Gasteiger charge is 2.03. The van der Waals surface area contributed by atoms with Gasteiger partial charge in [-0.25, -0.2) is 0 Å². The molecule has 2 nitrogen and oxygen atoms in total. The van der Waals surface area contributed by atoms with Crippen LogP contribution in [0.5, 0.6) is 0 Å². The van der Waals surface area contributed by atoms with Crippen LogP contribution in [0.4, 0.5) is 5.69 Å². The van der Waals surface area contributed by atoms with E-state index in [0.717, 1.165) is 0 Å². The molecule has 2 aromatic rings. The van der Waals surface area contributed by atoms with Crippen molar-refractivity contribution in [2.75, 3.05) is 5.32 Å². The van der Waals surface area contributed by atoms with Crippen molar-refractivity contribution in [3.63, 3.8) is 0 Å². The standard InChI is InChI=1S/C13H11NO/c15-13(11-7-3-1-4-8-11)14-12-9-5-2-6-10-12/h1-10H,(H,14,15)/i9T. The Morgan fingerprint density at radius 2 is 1.67 bits per heavy atom. The summed E-state index contributed by atoms with van der Waals surface area (Å²) in [6, 6.07) is 16.2. The minimum absolute atomic E-state index is 0.194. The van der Waals surface area contributed by atoms with Crippen LogP contribution in [0.1, 0.15) is 11.7 Å². The first-order valence-corrected chi connectivity index (χ1v) is 4.69. The molecular formula is C13H11NO. The third kappa shape index (κ3) is 2.44. The van der Waals surface area contributed by atoms with Crippen LogP contribution < -0.4 is 5.32 Å². The summed E-state index contributed by atoms with van der Waals surface area (Å²) < 4.78 is 7.61. The van der Waals surface area contributed by atoms with E-state index in [1.54, 1.807) is 36.4 Å². The molecular weight excluding hydrogens is 186 g/mol. The number of anilines is 1. The van der Waals surface area contributed by atoms with E-state index >= 15 is 0 Å². The molecule has 2 aromatic carbocycles. The van der Waals surface area contributed by atoms with Crippen LogP contribution in [0.15, 0.2) is 60.6 Å². The van der Waals surface area contributed by atoms with E-state index < -0.39 is 0 Å². The van der Waals surface area contributed by atoms with Gasteiger partial charge in [0.05, 0.1) is 1.37 Å². The molecule has 0 aromatic heterocycles. The quantitative estimate of drug-likeness (QED) is 0.791. The summed E-state index contributed by atoms with van der Waals surface area (Å²) >= 11 is 0. The number of carbonyl (C=O) groups excluding carboxylic acids is 1. The second-order valence-electron chi connectivity index (χ2n) is 3.10. The minimum Gasteiger partial charge on any atom is -0.322 e. The Morgan fingerprint density at radius 3 is 2.40 bits per heavy atom. The molecule has 0 saturated heterocycles. The lowest BCUT2D eigenvalue weighted by molar-refractivity contribution is 0.102. The smallest absolute Gasteiger partial charge is 0.255 e. The van der Waals surface area contributed by atoms with Gasteiger partial charge in [0.1, 0.15) is 0 Å². The van der Waals surface area contributed by atoms with Gasteiger partial charge in [-0.15, -0.1) is 0 Å². The average Bonchev–Trinajstić information content (AvgIpc) is 2.33. The van der Waals surface area contributed by atoms with Crippen molar-refractivity contribution in [2.24, 2.45) is 0 Å². The first-order chi connectivity index (χ1) is 7.77. The first kappa shape index (κ1) is 8.24. The molecule has 1 amide bonds. The Bertz CT molecular complexity index is 496. The van der Waals surface area contributed by atoms with Gasteiger partial charge in [-0.3, -0.25) is 4.79 Å². The maximum absolute atomic E-state index is 11.8. The van der Waals surface area contributed by atoms with Crippen LogP contribution in [0, 0.1) is 0 Å². The summed E-state index contributed by atoms with van der Waals surface area (Å²) in [5.41, 5.74) is 1.11. The Morgan fingerprint density at radius 1 is 1.00 bits per heavy atom. The Labute approximate surface area is 90.0 Å². The Kier molecular flexibility index (Phi) is 2.43. The van der Waals surface area contributed by atoms with E-state index in [2.05, 4.69) is 5.32 Å². The van der Waals surface area contributed by atoms with Gasteiger partial charge in [-0.05, 0) is 24.2 Å². The van der Waals surface area contributed by atoms with Crippen LogP contribution in [0.3, 0.4) is 0 Å².